The van der Waals surface area contributed by atoms with Crippen LogP contribution in [-0.2, 0) is 5.41 Å². The van der Waals surface area contributed by atoms with E-state index in [1.165, 1.54) is 55.3 Å². The fourth-order valence-corrected chi connectivity index (χ4v) is 12.8. The van der Waals surface area contributed by atoms with E-state index in [0.717, 1.165) is 78.2 Å². The topological polar surface area (TPSA) is 22.8 Å². The molecule has 0 N–H and O–H groups in total. The van der Waals surface area contributed by atoms with Crippen LogP contribution in [0.1, 0.15) is 22.3 Å². The first-order chi connectivity index (χ1) is 35.7. The van der Waals surface area contributed by atoms with Crippen molar-refractivity contribution in [3.8, 4) is 78.4 Å². The molecule has 1 spiro atoms. The van der Waals surface area contributed by atoms with E-state index in [4.69, 9.17) is 16.6 Å². The fraction of sp³-hybridized carbons (Fsp3) is 0.0147. The predicted molar refractivity (Wildman–Crippen MR) is 298 cm³/mol. The Morgan fingerprint density at radius 3 is 1.47 bits per heavy atom. The lowest BCUT2D eigenvalue weighted by Gasteiger charge is -2.30. The molecular weight excluding hydrogens is 894 g/mol. The number of aromatic nitrogens is 3. The first kappa shape index (κ1) is 40.8. The van der Waals surface area contributed by atoms with Gasteiger partial charge in [0.15, 0.2) is 0 Å². The Balaban J connectivity index is 1.03. The summed E-state index contributed by atoms with van der Waals surface area (Å²) in [5.74, 6) is 0.810. The molecule has 0 unspecified atom stereocenters. The van der Waals surface area contributed by atoms with Crippen molar-refractivity contribution in [3.05, 3.63) is 282 Å². The summed E-state index contributed by atoms with van der Waals surface area (Å²) in [6.07, 6.45) is 0. The van der Waals surface area contributed by atoms with E-state index in [2.05, 4.69) is 264 Å². The minimum Gasteiger partial charge on any atom is -0.307 e. The van der Waals surface area contributed by atoms with Crippen LogP contribution < -0.4 is 0 Å². The van der Waals surface area contributed by atoms with Crippen LogP contribution in [0.3, 0.4) is 0 Å². The van der Waals surface area contributed by atoms with Gasteiger partial charge in [-0.15, -0.1) is 0 Å². The molecule has 336 valence electrons. The zero-order valence-corrected chi connectivity index (χ0v) is 39.7. The summed E-state index contributed by atoms with van der Waals surface area (Å²) in [6, 6.07) is 92.4. The standard InChI is InChI=1S/C68H42ClN3/c69-65-61(71-59-35-18-13-29-49(59)50-39-40-57-64(66(50)71)51-30-12-16-33-56(51)68(57)54-31-14-10-27-47(54)48-28-11-15-32-55(48)68)37-20-38-62(65)72-60-36-19-17-34-58(60)70-67(72)63-52(44-23-6-2-7-24-44)41-46(43-21-4-1-5-22-43)42-53(63)45-25-8-3-9-26-45/h1-42H. The quantitative estimate of drug-likeness (QED) is 0.163. The summed E-state index contributed by atoms with van der Waals surface area (Å²) in [6.45, 7) is 0. The first-order valence-electron chi connectivity index (χ1n) is 24.7. The van der Waals surface area contributed by atoms with Gasteiger partial charge in [-0.3, -0.25) is 4.57 Å². The van der Waals surface area contributed by atoms with Gasteiger partial charge >= 0.3 is 0 Å². The van der Waals surface area contributed by atoms with Crippen molar-refractivity contribution < 1.29 is 0 Å². The van der Waals surface area contributed by atoms with Crippen molar-refractivity contribution in [1.29, 1.82) is 0 Å². The van der Waals surface area contributed by atoms with Gasteiger partial charge in [0, 0.05) is 21.9 Å². The number of halogens is 1. The summed E-state index contributed by atoms with van der Waals surface area (Å²) in [4.78, 5) is 5.61. The molecule has 0 saturated heterocycles. The number of benzene rings is 11. The highest BCUT2D eigenvalue weighted by Crippen LogP contribution is 2.64. The maximum Gasteiger partial charge on any atom is 0.147 e. The van der Waals surface area contributed by atoms with Gasteiger partial charge in [-0.2, -0.15) is 0 Å². The number of para-hydroxylation sites is 3. The van der Waals surface area contributed by atoms with Crippen LogP contribution in [-0.4, -0.2) is 14.1 Å². The molecular formula is C68H42ClN3. The molecule has 0 fully saturated rings. The van der Waals surface area contributed by atoms with Gasteiger partial charge in [0.05, 0.1) is 43.9 Å². The number of hydrogen-bond donors (Lipinski definition) is 0. The minimum absolute atomic E-state index is 0.492. The Kier molecular flexibility index (Phi) is 8.93. The number of fused-ring (bicyclic) bond motifs is 15. The van der Waals surface area contributed by atoms with Gasteiger partial charge in [0.2, 0.25) is 0 Å². The lowest BCUT2D eigenvalue weighted by molar-refractivity contribution is 0.794. The second-order valence-corrected chi connectivity index (χ2v) is 19.4. The van der Waals surface area contributed by atoms with Crippen LogP contribution in [0.4, 0.5) is 0 Å². The Morgan fingerprint density at radius 1 is 0.333 bits per heavy atom. The van der Waals surface area contributed by atoms with Crippen LogP contribution in [0.5, 0.6) is 0 Å². The van der Waals surface area contributed by atoms with E-state index in [9.17, 15) is 0 Å². The average Bonchev–Trinajstić information content (AvgIpc) is 4.18. The van der Waals surface area contributed by atoms with E-state index in [0.29, 0.717) is 5.02 Å². The third-order valence-electron chi connectivity index (χ3n) is 15.4. The minimum atomic E-state index is -0.492. The second-order valence-electron chi connectivity index (χ2n) is 19.0. The zero-order chi connectivity index (χ0) is 47.5. The maximum absolute atomic E-state index is 8.21. The van der Waals surface area contributed by atoms with Gasteiger partial charge < -0.3 is 4.57 Å². The molecule has 0 amide bonds. The molecule has 2 aliphatic rings. The fourth-order valence-electron chi connectivity index (χ4n) is 12.5. The summed E-state index contributed by atoms with van der Waals surface area (Å²) in [5, 5.41) is 2.99. The lowest BCUT2D eigenvalue weighted by atomic mass is 9.70. The number of imidazole rings is 1. The number of nitrogens with zero attached hydrogens (tertiary/aromatic N) is 3. The van der Waals surface area contributed by atoms with Crippen molar-refractivity contribution in [2.45, 2.75) is 5.41 Å². The third-order valence-corrected chi connectivity index (χ3v) is 15.8. The van der Waals surface area contributed by atoms with Gasteiger partial charge in [-0.1, -0.05) is 224 Å². The van der Waals surface area contributed by atoms with Gasteiger partial charge in [-0.25, -0.2) is 4.98 Å². The van der Waals surface area contributed by atoms with Crippen LogP contribution in [0.15, 0.2) is 255 Å². The number of hydrogen-bond acceptors (Lipinski definition) is 1. The van der Waals surface area contributed by atoms with E-state index in [1.807, 2.05) is 0 Å². The molecule has 72 heavy (non-hydrogen) atoms. The normalized spacial score (nSPS) is 12.9. The summed E-state index contributed by atoms with van der Waals surface area (Å²) >= 11 is 8.21. The Labute approximate surface area is 422 Å². The molecule has 0 atom stereocenters. The van der Waals surface area contributed by atoms with Crippen molar-refractivity contribution in [3.63, 3.8) is 0 Å². The van der Waals surface area contributed by atoms with Crippen molar-refractivity contribution in [2.75, 3.05) is 0 Å². The Bertz CT molecular complexity index is 4230. The predicted octanol–water partition coefficient (Wildman–Crippen LogP) is 17.8. The Hall–Kier alpha value is -9.02. The smallest absolute Gasteiger partial charge is 0.147 e. The molecule has 0 bridgehead atoms. The van der Waals surface area contributed by atoms with Crippen molar-refractivity contribution in [1.82, 2.24) is 14.1 Å². The maximum atomic E-state index is 8.21. The third kappa shape index (κ3) is 5.65. The highest BCUT2D eigenvalue weighted by atomic mass is 35.5. The van der Waals surface area contributed by atoms with Gasteiger partial charge in [-0.05, 0) is 115 Å². The SMILES string of the molecule is Clc1c(-n2c(-c3c(-c4ccccc4)cc(-c4ccccc4)cc3-c3ccccc3)nc3ccccc32)cccc1-n1c2ccccc2c2ccc3c(c21)-c1ccccc1C31c2ccccc2-c2ccccc21. The van der Waals surface area contributed by atoms with E-state index < -0.39 is 5.41 Å². The summed E-state index contributed by atoms with van der Waals surface area (Å²) in [7, 11) is 0. The summed E-state index contributed by atoms with van der Waals surface area (Å²) < 4.78 is 4.74. The molecule has 0 saturated carbocycles. The monoisotopic (exact) mass is 935 g/mol. The molecule has 2 aliphatic carbocycles. The molecule has 0 aliphatic heterocycles. The molecule has 13 aromatic rings. The van der Waals surface area contributed by atoms with E-state index in [-0.39, 0.29) is 0 Å². The molecule has 3 nitrogen and oxygen atoms in total. The molecule has 2 aromatic heterocycles. The lowest BCUT2D eigenvalue weighted by Crippen LogP contribution is -2.25. The molecule has 15 rings (SSSR count). The summed E-state index contributed by atoms with van der Waals surface area (Å²) in [5.41, 5.74) is 23.3. The van der Waals surface area contributed by atoms with Crippen LogP contribution in [0, 0.1) is 0 Å². The molecule has 0 radical (unpaired) electrons. The first-order valence-corrected chi connectivity index (χ1v) is 25.0. The average molecular weight is 937 g/mol. The molecule has 11 aromatic carbocycles. The second kappa shape index (κ2) is 15.7. The van der Waals surface area contributed by atoms with E-state index in [1.54, 1.807) is 0 Å². The molecule has 2 heterocycles. The largest absolute Gasteiger partial charge is 0.307 e. The highest BCUT2D eigenvalue weighted by Gasteiger charge is 2.52. The van der Waals surface area contributed by atoms with Gasteiger partial charge in [0.1, 0.15) is 5.82 Å². The molecule has 4 heteroatoms. The van der Waals surface area contributed by atoms with Crippen LogP contribution in [0.25, 0.3) is 111 Å². The van der Waals surface area contributed by atoms with Crippen LogP contribution >= 0.6 is 11.6 Å². The van der Waals surface area contributed by atoms with Gasteiger partial charge in [0.25, 0.3) is 0 Å². The number of rotatable bonds is 6. The van der Waals surface area contributed by atoms with Crippen molar-refractivity contribution >= 4 is 44.4 Å². The zero-order valence-electron chi connectivity index (χ0n) is 39.0. The highest BCUT2D eigenvalue weighted by molar-refractivity contribution is 6.35. The Morgan fingerprint density at radius 2 is 0.833 bits per heavy atom. The van der Waals surface area contributed by atoms with Crippen molar-refractivity contribution in [2.24, 2.45) is 0 Å². The van der Waals surface area contributed by atoms with E-state index >= 15 is 0 Å². The van der Waals surface area contributed by atoms with Crippen LogP contribution in [0.2, 0.25) is 5.02 Å².